The predicted molar refractivity (Wildman–Crippen MR) is 71.4 cm³/mol. The second-order valence-corrected chi connectivity index (χ2v) is 6.85. The van der Waals surface area contributed by atoms with E-state index in [9.17, 15) is 10.0 Å². The zero-order valence-corrected chi connectivity index (χ0v) is 12.8. The van der Waals surface area contributed by atoms with Gasteiger partial charge in [0.2, 0.25) is 5.91 Å². The minimum absolute atomic E-state index is 0.0671. The molecule has 1 aliphatic heterocycles. The molecule has 1 rings (SSSR count). The van der Waals surface area contributed by atoms with E-state index >= 15 is 0 Å². The number of amides is 1. The molecule has 4 heteroatoms. The van der Waals surface area contributed by atoms with Crippen molar-refractivity contribution < 1.29 is 10.0 Å². The molecule has 0 aromatic rings. The number of carbonyl (C=O) groups is 1. The minimum Gasteiger partial charge on any atom is -0.334 e. The number of carbonyl (C=O) groups excluding carboxylic acids is 1. The highest BCUT2D eigenvalue weighted by atomic mass is 16.5. The Balaban J connectivity index is 3.26. The van der Waals surface area contributed by atoms with Gasteiger partial charge in [0.05, 0.1) is 5.54 Å². The highest BCUT2D eigenvalue weighted by molar-refractivity contribution is 5.87. The number of hydrogen-bond donors (Lipinski definition) is 0. The van der Waals surface area contributed by atoms with Crippen molar-refractivity contribution in [2.45, 2.75) is 77.9 Å². The van der Waals surface area contributed by atoms with E-state index in [-0.39, 0.29) is 11.4 Å². The molecule has 0 aromatic carbocycles. The summed E-state index contributed by atoms with van der Waals surface area (Å²) in [7, 11) is 0. The third-order valence-electron chi connectivity index (χ3n) is 4.29. The fourth-order valence-corrected chi connectivity index (χ4v) is 2.74. The first-order chi connectivity index (χ1) is 8.03. The Morgan fingerprint density at radius 1 is 1.17 bits per heavy atom. The molecule has 0 N–H and O–H groups in total. The summed E-state index contributed by atoms with van der Waals surface area (Å²) in [5.74, 6) is -0.0671. The molecule has 0 bridgehead atoms. The summed E-state index contributed by atoms with van der Waals surface area (Å²) in [6, 6.07) is 0. The molecule has 0 saturated carbocycles. The van der Waals surface area contributed by atoms with Crippen LogP contribution >= 0.6 is 0 Å². The van der Waals surface area contributed by atoms with Crippen LogP contribution in [0.25, 0.3) is 0 Å². The smallest absolute Gasteiger partial charge is 0.245 e. The normalized spacial score (nSPS) is 24.4. The van der Waals surface area contributed by atoms with Crippen molar-refractivity contribution in [2.24, 2.45) is 0 Å². The van der Waals surface area contributed by atoms with Gasteiger partial charge < -0.3 is 4.90 Å². The first-order valence-corrected chi connectivity index (χ1v) is 6.82. The van der Waals surface area contributed by atoms with Crippen molar-refractivity contribution in [1.82, 2.24) is 9.96 Å². The standard InChI is InChI=1S/C14H27N2O2/c1-8-14(9-2)10-15(12(3,4)5)11(17)13(6,7)16(14)18/h8-10H2,1-7H3. The van der Waals surface area contributed by atoms with Crippen LogP contribution in [-0.2, 0) is 10.0 Å². The van der Waals surface area contributed by atoms with Crippen LogP contribution < -0.4 is 0 Å². The van der Waals surface area contributed by atoms with Gasteiger partial charge in [0, 0.05) is 12.1 Å². The van der Waals surface area contributed by atoms with Crippen LogP contribution in [0, 0.1) is 0 Å². The molecular weight excluding hydrogens is 228 g/mol. The van der Waals surface area contributed by atoms with E-state index in [1.807, 2.05) is 39.5 Å². The fraction of sp³-hybridized carbons (Fsp3) is 0.929. The van der Waals surface area contributed by atoms with Crippen LogP contribution in [0.2, 0.25) is 0 Å². The molecule has 1 saturated heterocycles. The molecule has 1 radical (unpaired) electrons. The van der Waals surface area contributed by atoms with E-state index in [2.05, 4.69) is 0 Å². The summed E-state index contributed by atoms with van der Waals surface area (Å²) in [5.41, 5.74) is -1.67. The lowest BCUT2D eigenvalue weighted by Gasteiger charge is -2.56. The maximum absolute atomic E-state index is 12.6. The van der Waals surface area contributed by atoms with Crippen molar-refractivity contribution >= 4 is 5.91 Å². The van der Waals surface area contributed by atoms with E-state index in [0.29, 0.717) is 6.54 Å². The van der Waals surface area contributed by atoms with E-state index in [1.165, 1.54) is 0 Å². The van der Waals surface area contributed by atoms with Gasteiger partial charge in [-0.15, -0.1) is 10.3 Å². The predicted octanol–water partition coefficient (Wildman–Crippen LogP) is 2.61. The lowest BCUT2D eigenvalue weighted by atomic mass is 9.81. The van der Waals surface area contributed by atoms with Crippen LogP contribution in [0.5, 0.6) is 0 Å². The molecule has 0 atom stereocenters. The Morgan fingerprint density at radius 3 is 1.94 bits per heavy atom. The molecule has 1 amide bonds. The van der Waals surface area contributed by atoms with Gasteiger partial charge in [0.25, 0.3) is 0 Å². The molecule has 4 nitrogen and oxygen atoms in total. The average molecular weight is 255 g/mol. The Morgan fingerprint density at radius 2 is 1.61 bits per heavy atom. The molecule has 1 heterocycles. The number of hydrogen-bond acceptors (Lipinski definition) is 2. The highest BCUT2D eigenvalue weighted by Crippen LogP contribution is 2.39. The summed E-state index contributed by atoms with van der Waals surface area (Å²) in [6.07, 6.45) is 1.52. The lowest BCUT2D eigenvalue weighted by Crippen LogP contribution is -2.73. The Labute approximate surface area is 111 Å². The van der Waals surface area contributed by atoms with Crippen LogP contribution in [0.15, 0.2) is 0 Å². The van der Waals surface area contributed by atoms with Crippen molar-refractivity contribution in [3.05, 3.63) is 0 Å². The van der Waals surface area contributed by atoms with E-state index in [4.69, 9.17) is 0 Å². The van der Waals surface area contributed by atoms with Crippen LogP contribution in [0.3, 0.4) is 0 Å². The molecule has 0 spiro atoms. The van der Waals surface area contributed by atoms with Gasteiger partial charge in [-0.2, -0.15) is 0 Å². The van der Waals surface area contributed by atoms with Gasteiger partial charge >= 0.3 is 0 Å². The molecule has 0 aromatic heterocycles. The number of hydroxylamine groups is 2. The zero-order chi connectivity index (χ0) is 14.4. The summed E-state index contributed by atoms with van der Waals surface area (Å²) in [4.78, 5) is 14.4. The van der Waals surface area contributed by atoms with Gasteiger partial charge in [-0.1, -0.05) is 13.8 Å². The van der Waals surface area contributed by atoms with Crippen molar-refractivity contribution in [3.63, 3.8) is 0 Å². The number of rotatable bonds is 2. The van der Waals surface area contributed by atoms with Gasteiger partial charge in [-0.25, -0.2) is 0 Å². The third kappa shape index (κ3) is 2.16. The van der Waals surface area contributed by atoms with E-state index in [1.54, 1.807) is 13.8 Å². The van der Waals surface area contributed by atoms with Crippen LogP contribution in [-0.4, -0.2) is 39.0 Å². The van der Waals surface area contributed by atoms with Gasteiger partial charge in [0.1, 0.15) is 5.54 Å². The molecule has 0 aliphatic carbocycles. The SMILES string of the molecule is CCC1(CC)CN(C(C)(C)C)C(=O)C(C)(C)N1[O]. The van der Waals surface area contributed by atoms with Gasteiger partial charge in [0.15, 0.2) is 0 Å². The van der Waals surface area contributed by atoms with Gasteiger partial charge in [-0.3, -0.25) is 4.79 Å². The Hall–Kier alpha value is -0.610. The molecule has 0 unspecified atom stereocenters. The largest absolute Gasteiger partial charge is 0.334 e. The first kappa shape index (κ1) is 15.4. The maximum atomic E-state index is 12.6. The van der Waals surface area contributed by atoms with Crippen molar-refractivity contribution in [2.75, 3.05) is 6.54 Å². The summed E-state index contributed by atoms with van der Waals surface area (Å²) >= 11 is 0. The molecule has 18 heavy (non-hydrogen) atoms. The molecule has 1 fully saturated rings. The van der Waals surface area contributed by atoms with Crippen molar-refractivity contribution in [1.29, 1.82) is 0 Å². The van der Waals surface area contributed by atoms with E-state index in [0.717, 1.165) is 17.9 Å². The average Bonchev–Trinajstić information content (AvgIpc) is 2.27. The van der Waals surface area contributed by atoms with Crippen molar-refractivity contribution in [3.8, 4) is 0 Å². The minimum atomic E-state index is -0.975. The van der Waals surface area contributed by atoms with E-state index < -0.39 is 11.1 Å². The fourth-order valence-electron chi connectivity index (χ4n) is 2.74. The van der Waals surface area contributed by atoms with Crippen LogP contribution in [0.4, 0.5) is 0 Å². The van der Waals surface area contributed by atoms with Crippen LogP contribution in [0.1, 0.15) is 61.3 Å². The second kappa shape index (κ2) is 4.49. The number of nitrogens with zero attached hydrogens (tertiary/aromatic N) is 2. The summed E-state index contributed by atoms with van der Waals surface area (Å²) < 4.78 is 0. The monoisotopic (exact) mass is 255 g/mol. The molecular formula is C14H27N2O2. The molecule has 105 valence electrons. The Bertz CT molecular complexity index is 327. The second-order valence-electron chi connectivity index (χ2n) is 6.85. The third-order valence-corrected chi connectivity index (χ3v) is 4.29. The number of piperazine rings is 1. The maximum Gasteiger partial charge on any atom is 0.245 e. The zero-order valence-electron chi connectivity index (χ0n) is 12.8. The topological polar surface area (TPSA) is 43.5 Å². The summed E-state index contributed by atoms with van der Waals surface area (Å²) in [5, 5.41) is 13.6. The van der Waals surface area contributed by atoms with Gasteiger partial charge in [-0.05, 0) is 47.5 Å². The quantitative estimate of drug-likeness (QED) is 0.761. The molecule has 1 aliphatic rings. The highest BCUT2D eigenvalue weighted by Gasteiger charge is 2.55. The first-order valence-electron chi connectivity index (χ1n) is 6.82. The Kier molecular flexibility index (Phi) is 3.86. The summed E-state index contributed by atoms with van der Waals surface area (Å²) in [6.45, 7) is 14.1. The lowest BCUT2D eigenvalue weighted by molar-refractivity contribution is -0.298.